The molecule has 7 heteroatoms. The number of benzene rings is 3. The lowest BCUT2D eigenvalue weighted by atomic mass is 9.97. The second-order valence-corrected chi connectivity index (χ2v) is 9.53. The van der Waals surface area contributed by atoms with Crippen LogP contribution in [0.5, 0.6) is 17.2 Å². The van der Waals surface area contributed by atoms with Crippen LogP contribution in [0.2, 0.25) is 0 Å². The van der Waals surface area contributed by atoms with E-state index in [4.69, 9.17) is 18.6 Å². The molecule has 39 heavy (non-hydrogen) atoms. The Kier molecular flexibility index (Phi) is 7.15. The van der Waals surface area contributed by atoms with E-state index in [0.717, 1.165) is 28.0 Å². The summed E-state index contributed by atoms with van der Waals surface area (Å²) in [5.74, 6) is 1.53. The molecular formula is C32H31NO6. The first kappa shape index (κ1) is 26.1. The van der Waals surface area contributed by atoms with Gasteiger partial charge in [-0.25, -0.2) is 0 Å². The summed E-state index contributed by atoms with van der Waals surface area (Å²) in [4.78, 5) is 29.5. The molecule has 4 aromatic rings. The van der Waals surface area contributed by atoms with E-state index < -0.39 is 6.04 Å². The van der Waals surface area contributed by atoms with Crippen molar-refractivity contribution < 1.29 is 23.4 Å². The van der Waals surface area contributed by atoms with Gasteiger partial charge in [0.25, 0.3) is 5.91 Å². The summed E-state index contributed by atoms with van der Waals surface area (Å²) in [7, 11) is 1.61. The number of carbonyl (C=O) groups is 1. The van der Waals surface area contributed by atoms with Gasteiger partial charge >= 0.3 is 0 Å². The van der Waals surface area contributed by atoms with E-state index in [2.05, 4.69) is 6.58 Å². The minimum atomic E-state index is -0.676. The Morgan fingerprint density at radius 2 is 1.72 bits per heavy atom. The lowest BCUT2D eigenvalue weighted by Crippen LogP contribution is -2.29. The van der Waals surface area contributed by atoms with E-state index in [1.807, 2.05) is 69.3 Å². The first-order valence-electron chi connectivity index (χ1n) is 12.9. The fourth-order valence-corrected chi connectivity index (χ4v) is 4.94. The molecule has 1 aromatic heterocycles. The van der Waals surface area contributed by atoms with E-state index in [9.17, 15) is 9.59 Å². The Morgan fingerprint density at radius 1 is 0.974 bits per heavy atom. The molecule has 1 aliphatic heterocycles. The molecule has 0 bridgehead atoms. The van der Waals surface area contributed by atoms with Gasteiger partial charge in [-0.15, -0.1) is 0 Å². The maximum Gasteiger partial charge on any atom is 0.291 e. The maximum atomic E-state index is 14.0. The number of amides is 1. The molecule has 200 valence electrons. The van der Waals surface area contributed by atoms with Crippen molar-refractivity contribution in [2.45, 2.75) is 33.4 Å². The number of carbonyl (C=O) groups excluding carboxylic acids is 1. The Morgan fingerprint density at radius 3 is 2.41 bits per heavy atom. The van der Waals surface area contributed by atoms with Crippen LogP contribution in [0.3, 0.4) is 0 Å². The third-order valence-corrected chi connectivity index (χ3v) is 7.03. The second kappa shape index (κ2) is 10.7. The minimum absolute atomic E-state index is 0.0687. The molecule has 0 N–H and O–H groups in total. The number of fused-ring (bicyclic) bond motifs is 2. The van der Waals surface area contributed by atoms with Crippen molar-refractivity contribution in [1.82, 2.24) is 4.90 Å². The molecule has 0 radical (unpaired) electrons. The lowest BCUT2D eigenvalue weighted by molar-refractivity contribution is 0.0714. The first-order chi connectivity index (χ1) is 18.9. The molecule has 7 nitrogen and oxygen atoms in total. The fourth-order valence-electron chi connectivity index (χ4n) is 4.94. The van der Waals surface area contributed by atoms with Crippen LogP contribution in [-0.2, 0) is 6.54 Å². The zero-order valence-electron chi connectivity index (χ0n) is 22.6. The Bertz CT molecular complexity index is 1620. The quantitative estimate of drug-likeness (QED) is 0.245. The molecule has 3 aromatic carbocycles. The molecular weight excluding hydrogens is 494 g/mol. The number of hydrogen-bond donors (Lipinski definition) is 0. The van der Waals surface area contributed by atoms with Gasteiger partial charge in [0, 0.05) is 6.54 Å². The van der Waals surface area contributed by atoms with Gasteiger partial charge in [-0.05, 0) is 79.4 Å². The molecule has 1 amide bonds. The number of aryl methyl sites for hydroxylation is 2. The largest absolute Gasteiger partial charge is 0.497 e. The number of ether oxygens (including phenoxy) is 3. The van der Waals surface area contributed by atoms with Crippen molar-refractivity contribution in [2.24, 2.45) is 0 Å². The summed E-state index contributed by atoms with van der Waals surface area (Å²) in [5, 5.41) is 0.455. The smallest absolute Gasteiger partial charge is 0.291 e. The van der Waals surface area contributed by atoms with Gasteiger partial charge in [-0.1, -0.05) is 30.9 Å². The average molecular weight is 526 g/mol. The maximum absolute atomic E-state index is 14.0. The van der Waals surface area contributed by atoms with Crippen LogP contribution in [0.25, 0.3) is 11.0 Å². The van der Waals surface area contributed by atoms with Crippen LogP contribution in [0.4, 0.5) is 0 Å². The van der Waals surface area contributed by atoms with Crippen molar-refractivity contribution in [3.8, 4) is 17.2 Å². The third kappa shape index (κ3) is 4.76. The van der Waals surface area contributed by atoms with Crippen molar-refractivity contribution in [3.05, 3.63) is 111 Å². The van der Waals surface area contributed by atoms with Gasteiger partial charge in [0.2, 0.25) is 5.76 Å². The Labute approximate surface area is 227 Å². The second-order valence-electron chi connectivity index (χ2n) is 9.53. The normalized spacial score (nSPS) is 14.4. The van der Waals surface area contributed by atoms with E-state index in [-0.39, 0.29) is 23.6 Å². The van der Waals surface area contributed by atoms with Gasteiger partial charge < -0.3 is 23.5 Å². The van der Waals surface area contributed by atoms with E-state index in [1.165, 1.54) is 0 Å². The molecule has 0 saturated heterocycles. The minimum Gasteiger partial charge on any atom is -0.497 e. The molecule has 1 atom stereocenters. The average Bonchev–Trinajstić information content (AvgIpc) is 3.21. The summed E-state index contributed by atoms with van der Waals surface area (Å²) in [6, 6.07) is 16.0. The number of nitrogens with zero attached hydrogens (tertiary/aromatic N) is 1. The van der Waals surface area contributed by atoms with Crippen molar-refractivity contribution in [1.29, 1.82) is 0 Å². The molecule has 1 unspecified atom stereocenters. The molecule has 0 aliphatic carbocycles. The lowest BCUT2D eigenvalue weighted by Gasteiger charge is -2.26. The molecule has 2 heterocycles. The summed E-state index contributed by atoms with van der Waals surface area (Å²) in [5.41, 5.74) is 4.10. The van der Waals surface area contributed by atoms with Crippen LogP contribution in [-0.4, -0.2) is 31.1 Å². The van der Waals surface area contributed by atoms with Gasteiger partial charge in [0.1, 0.15) is 17.9 Å². The summed E-state index contributed by atoms with van der Waals surface area (Å²) >= 11 is 0. The highest BCUT2D eigenvalue weighted by atomic mass is 16.5. The van der Waals surface area contributed by atoms with Gasteiger partial charge in [0.05, 0.1) is 30.7 Å². The molecule has 1 aliphatic rings. The van der Waals surface area contributed by atoms with E-state index in [1.54, 1.807) is 24.2 Å². The monoisotopic (exact) mass is 525 g/mol. The SMILES string of the molecule is C=CCOc1ccc(C2c3c(oc4cc(C)c(C)cc4c3=O)C(=O)N2Cc2ccc(OC)cc2)cc1OCC. The first-order valence-corrected chi connectivity index (χ1v) is 12.9. The zero-order chi connectivity index (χ0) is 27.7. The Hall–Kier alpha value is -4.52. The molecule has 0 saturated carbocycles. The van der Waals surface area contributed by atoms with Crippen LogP contribution < -0.4 is 19.6 Å². The van der Waals surface area contributed by atoms with Crippen LogP contribution in [0.15, 0.2) is 76.5 Å². The topological polar surface area (TPSA) is 78.2 Å². The number of hydrogen-bond acceptors (Lipinski definition) is 6. The highest BCUT2D eigenvalue weighted by Crippen LogP contribution is 2.42. The van der Waals surface area contributed by atoms with Crippen LogP contribution in [0.1, 0.15) is 51.3 Å². The standard InChI is InChI=1S/C32H31NO6/c1-6-14-38-25-13-10-22(17-27(25)37-7-2)29-28-30(34)24-15-19(3)20(4)16-26(24)39-31(28)32(35)33(29)18-21-8-11-23(36-5)12-9-21/h6,8-13,15-17,29H,1,7,14,18H2,2-5H3. The molecule has 0 fully saturated rings. The van der Waals surface area contributed by atoms with Crippen molar-refractivity contribution >= 4 is 16.9 Å². The number of methoxy groups -OCH3 is 1. The van der Waals surface area contributed by atoms with E-state index >= 15 is 0 Å². The number of rotatable bonds is 9. The van der Waals surface area contributed by atoms with Crippen LogP contribution >= 0.6 is 0 Å². The molecule has 5 rings (SSSR count). The van der Waals surface area contributed by atoms with Crippen molar-refractivity contribution in [2.75, 3.05) is 20.3 Å². The molecule has 0 spiro atoms. The highest BCUT2D eigenvalue weighted by Gasteiger charge is 2.43. The van der Waals surface area contributed by atoms with Gasteiger partial charge in [-0.3, -0.25) is 9.59 Å². The Balaban J connectivity index is 1.69. The highest BCUT2D eigenvalue weighted by molar-refractivity contribution is 5.99. The third-order valence-electron chi connectivity index (χ3n) is 7.03. The van der Waals surface area contributed by atoms with Gasteiger partial charge in [0.15, 0.2) is 16.9 Å². The fraction of sp³-hybridized carbons (Fsp3) is 0.250. The van der Waals surface area contributed by atoms with Crippen molar-refractivity contribution in [3.63, 3.8) is 0 Å². The van der Waals surface area contributed by atoms with Gasteiger partial charge in [-0.2, -0.15) is 0 Å². The summed E-state index contributed by atoms with van der Waals surface area (Å²) in [6.45, 7) is 10.5. The summed E-state index contributed by atoms with van der Waals surface area (Å²) in [6.07, 6.45) is 1.66. The predicted molar refractivity (Wildman–Crippen MR) is 150 cm³/mol. The van der Waals surface area contributed by atoms with E-state index in [0.29, 0.717) is 41.2 Å². The van der Waals surface area contributed by atoms with Crippen LogP contribution in [0, 0.1) is 13.8 Å². The summed E-state index contributed by atoms with van der Waals surface area (Å²) < 4.78 is 23.1. The predicted octanol–water partition coefficient (Wildman–Crippen LogP) is 6.13. The zero-order valence-corrected chi connectivity index (χ0v) is 22.6.